The first-order chi connectivity index (χ1) is 9.24. The van der Waals surface area contributed by atoms with Crippen LogP contribution in [0.25, 0.3) is 0 Å². The summed E-state index contributed by atoms with van der Waals surface area (Å²) in [6.45, 7) is 5.14. The molecular formula is C13H22N4S2. The van der Waals surface area contributed by atoms with Crippen molar-refractivity contribution in [2.24, 2.45) is 0 Å². The van der Waals surface area contributed by atoms with E-state index in [4.69, 9.17) is 0 Å². The molecule has 1 aliphatic heterocycles. The average molecular weight is 298 g/mol. The molecule has 1 saturated heterocycles. The van der Waals surface area contributed by atoms with Gasteiger partial charge in [-0.1, -0.05) is 6.92 Å². The van der Waals surface area contributed by atoms with Gasteiger partial charge in [0.25, 0.3) is 0 Å². The molecule has 2 N–H and O–H groups in total. The summed E-state index contributed by atoms with van der Waals surface area (Å²) in [4.78, 5) is 9.10. The van der Waals surface area contributed by atoms with Crippen LogP contribution in [0.15, 0.2) is 0 Å². The Bertz CT molecular complexity index is 419. The molecule has 0 aliphatic carbocycles. The largest absolute Gasteiger partial charge is 0.373 e. The summed E-state index contributed by atoms with van der Waals surface area (Å²) in [5.41, 5.74) is 1.10. The zero-order valence-electron chi connectivity index (χ0n) is 11.8. The molecule has 0 amide bonds. The molecule has 2 heterocycles. The number of hydrogen-bond acceptors (Lipinski definition) is 6. The Morgan fingerprint density at radius 3 is 2.68 bits per heavy atom. The summed E-state index contributed by atoms with van der Waals surface area (Å²) >= 11 is 4.12. The Morgan fingerprint density at radius 2 is 2.05 bits per heavy atom. The number of aryl methyl sites for hydroxylation is 1. The van der Waals surface area contributed by atoms with Gasteiger partial charge in [0, 0.05) is 48.1 Å². The minimum Gasteiger partial charge on any atom is -0.373 e. The number of nitrogens with one attached hydrogen (secondary N) is 2. The summed E-state index contributed by atoms with van der Waals surface area (Å²) in [6, 6.07) is 0. The highest BCUT2D eigenvalue weighted by Gasteiger charge is 2.15. The first kappa shape index (κ1) is 14.8. The second-order valence-corrected chi connectivity index (χ2v) is 7.07. The van der Waals surface area contributed by atoms with Gasteiger partial charge in [-0.15, -0.1) is 0 Å². The molecule has 4 nitrogen and oxygen atoms in total. The van der Waals surface area contributed by atoms with E-state index in [1.807, 2.05) is 7.05 Å². The summed E-state index contributed by atoms with van der Waals surface area (Å²) in [6.07, 6.45) is 0.859. The molecule has 0 saturated carbocycles. The molecule has 1 aromatic rings. The maximum atomic E-state index is 4.61. The minimum atomic E-state index is 0.691. The zero-order chi connectivity index (χ0) is 13.7. The summed E-state index contributed by atoms with van der Waals surface area (Å²) < 4.78 is 0. The van der Waals surface area contributed by atoms with Crippen LogP contribution in [0.1, 0.15) is 18.3 Å². The lowest BCUT2D eigenvalue weighted by atomic mass is 10.3. The van der Waals surface area contributed by atoms with Crippen LogP contribution in [0.5, 0.6) is 0 Å². The predicted molar refractivity (Wildman–Crippen MR) is 87.8 cm³/mol. The van der Waals surface area contributed by atoms with Gasteiger partial charge < -0.3 is 10.6 Å². The van der Waals surface area contributed by atoms with E-state index in [9.17, 15) is 0 Å². The van der Waals surface area contributed by atoms with Crippen molar-refractivity contribution in [3.05, 3.63) is 11.4 Å². The van der Waals surface area contributed by atoms with Crippen molar-refractivity contribution in [3.63, 3.8) is 0 Å². The Balaban J connectivity index is 2.05. The van der Waals surface area contributed by atoms with E-state index in [2.05, 4.69) is 58.0 Å². The minimum absolute atomic E-state index is 0.691. The monoisotopic (exact) mass is 298 g/mol. The molecule has 0 bridgehead atoms. The Morgan fingerprint density at radius 1 is 1.26 bits per heavy atom. The SMILES string of the molecule is CCc1nc(NC)c(C)c(NCC2CSCCS2)n1. The summed E-state index contributed by atoms with van der Waals surface area (Å²) in [5, 5.41) is 7.35. The number of rotatable bonds is 5. The molecule has 1 aliphatic rings. The van der Waals surface area contributed by atoms with Crippen LogP contribution in [0, 0.1) is 6.92 Å². The van der Waals surface area contributed by atoms with Gasteiger partial charge in [0.1, 0.15) is 17.5 Å². The zero-order valence-corrected chi connectivity index (χ0v) is 13.5. The smallest absolute Gasteiger partial charge is 0.134 e. The maximum Gasteiger partial charge on any atom is 0.134 e. The highest BCUT2D eigenvalue weighted by molar-refractivity contribution is 8.06. The van der Waals surface area contributed by atoms with E-state index in [0.717, 1.165) is 36.0 Å². The van der Waals surface area contributed by atoms with Crippen LogP contribution in [0.2, 0.25) is 0 Å². The van der Waals surface area contributed by atoms with Gasteiger partial charge in [-0.05, 0) is 6.92 Å². The normalized spacial score (nSPS) is 19.2. The third kappa shape index (κ3) is 3.92. The Labute approximate surface area is 123 Å². The van der Waals surface area contributed by atoms with Crippen LogP contribution < -0.4 is 10.6 Å². The van der Waals surface area contributed by atoms with Gasteiger partial charge in [0.2, 0.25) is 0 Å². The Hall–Kier alpha value is -0.620. The van der Waals surface area contributed by atoms with Crippen LogP contribution >= 0.6 is 23.5 Å². The van der Waals surface area contributed by atoms with Gasteiger partial charge in [0.05, 0.1) is 0 Å². The molecule has 2 rings (SSSR count). The lowest BCUT2D eigenvalue weighted by Crippen LogP contribution is -2.24. The van der Waals surface area contributed by atoms with Crippen molar-refractivity contribution in [3.8, 4) is 0 Å². The molecular weight excluding hydrogens is 276 g/mol. The molecule has 1 aromatic heterocycles. The van der Waals surface area contributed by atoms with Crippen LogP contribution in [-0.2, 0) is 6.42 Å². The summed E-state index contributed by atoms with van der Waals surface area (Å²) in [5.74, 6) is 6.59. The Kier molecular flexibility index (Phi) is 5.63. The van der Waals surface area contributed by atoms with Crippen LogP contribution in [0.4, 0.5) is 11.6 Å². The second-order valence-electron chi connectivity index (χ2n) is 4.51. The lowest BCUT2D eigenvalue weighted by Gasteiger charge is -2.22. The predicted octanol–water partition coefficient (Wildman–Crippen LogP) is 2.65. The van der Waals surface area contributed by atoms with E-state index in [0.29, 0.717) is 5.25 Å². The molecule has 106 valence electrons. The van der Waals surface area contributed by atoms with Crippen LogP contribution in [0.3, 0.4) is 0 Å². The molecule has 1 atom stereocenters. The highest BCUT2D eigenvalue weighted by atomic mass is 32.2. The van der Waals surface area contributed by atoms with Crippen molar-refractivity contribution >= 4 is 35.2 Å². The fraction of sp³-hybridized carbons (Fsp3) is 0.692. The standard InChI is InChI=1S/C13H22N4S2/c1-4-11-16-12(14-3)9(2)13(17-11)15-7-10-8-18-5-6-19-10/h10H,4-8H2,1-3H3,(H2,14,15,16,17). The maximum absolute atomic E-state index is 4.61. The van der Waals surface area contributed by atoms with Crippen molar-refractivity contribution in [1.29, 1.82) is 0 Å². The topological polar surface area (TPSA) is 49.8 Å². The van der Waals surface area contributed by atoms with E-state index in [1.54, 1.807) is 0 Å². The molecule has 6 heteroatoms. The first-order valence-electron chi connectivity index (χ1n) is 6.73. The highest BCUT2D eigenvalue weighted by Crippen LogP contribution is 2.25. The molecule has 0 spiro atoms. The fourth-order valence-electron chi connectivity index (χ4n) is 2.00. The van der Waals surface area contributed by atoms with Gasteiger partial charge in [-0.2, -0.15) is 23.5 Å². The summed E-state index contributed by atoms with van der Waals surface area (Å²) in [7, 11) is 1.91. The number of anilines is 2. The molecule has 0 radical (unpaired) electrons. The molecule has 1 fully saturated rings. The van der Waals surface area contributed by atoms with Gasteiger partial charge >= 0.3 is 0 Å². The van der Waals surface area contributed by atoms with Gasteiger partial charge in [-0.3, -0.25) is 0 Å². The van der Waals surface area contributed by atoms with E-state index < -0.39 is 0 Å². The van der Waals surface area contributed by atoms with Crippen molar-refractivity contribution < 1.29 is 0 Å². The number of thioether (sulfide) groups is 2. The van der Waals surface area contributed by atoms with Gasteiger partial charge in [0.15, 0.2) is 0 Å². The first-order valence-corrected chi connectivity index (χ1v) is 8.93. The molecule has 0 aromatic carbocycles. The van der Waals surface area contributed by atoms with E-state index in [-0.39, 0.29) is 0 Å². The van der Waals surface area contributed by atoms with Crippen molar-refractivity contribution in [2.75, 3.05) is 41.5 Å². The van der Waals surface area contributed by atoms with Crippen molar-refractivity contribution in [1.82, 2.24) is 9.97 Å². The molecule has 19 heavy (non-hydrogen) atoms. The number of aromatic nitrogens is 2. The quantitative estimate of drug-likeness (QED) is 0.871. The fourth-order valence-corrected chi connectivity index (χ4v) is 4.61. The van der Waals surface area contributed by atoms with Crippen molar-refractivity contribution in [2.45, 2.75) is 25.5 Å². The van der Waals surface area contributed by atoms with E-state index in [1.165, 1.54) is 17.3 Å². The van der Waals surface area contributed by atoms with Crippen LogP contribution in [-0.4, -0.2) is 46.1 Å². The van der Waals surface area contributed by atoms with E-state index >= 15 is 0 Å². The van der Waals surface area contributed by atoms with Gasteiger partial charge in [-0.25, -0.2) is 9.97 Å². The third-order valence-corrected chi connectivity index (χ3v) is 5.97. The lowest BCUT2D eigenvalue weighted by molar-refractivity contribution is 0.915. The second kappa shape index (κ2) is 7.24. The third-order valence-electron chi connectivity index (χ3n) is 3.13. The average Bonchev–Trinajstić information content (AvgIpc) is 2.47. The number of hydrogen-bond donors (Lipinski definition) is 2. The molecule has 1 unspecified atom stereocenters. The number of nitrogens with zero attached hydrogens (tertiary/aromatic N) is 2.